The highest BCUT2D eigenvalue weighted by Gasteiger charge is 2.27. The Morgan fingerprint density at radius 1 is 1.38 bits per heavy atom. The van der Waals surface area contributed by atoms with E-state index in [2.05, 4.69) is 0 Å². The van der Waals surface area contributed by atoms with Crippen LogP contribution in [0.1, 0.15) is 25.3 Å². The lowest BCUT2D eigenvalue weighted by Crippen LogP contribution is -2.39. The second-order valence-corrected chi connectivity index (χ2v) is 5.54. The largest absolute Gasteiger partial charge is 0.466 e. The predicted octanol–water partition coefficient (Wildman–Crippen LogP) is 2.41. The molecule has 1 aliphatic heterocycles. The Labute approximate surface area is 140 Å². The van der Waals surface area contributed by atoms with E-state index in [1.807, 2.05) is 0 Å². The highest BCUT2D eigenvalue weighted by atomic mass is 16.6. The second kappa shape index (κ2) is 8.24. The summed E-state index contributed by atoms with van der Waals surface area (Å²) in [6.07, 6.45) is 4.15. The average Bonchev–Trinajstić information content (AvgIpc) is 2.60. The van der Waals surface area contributed by atoms with Crippen LogP contribution >= 0.6 is 0 Å². The van der Waals surface area contributed by atoms with Crippen molar-refractivity contribution >= 4 is 23.6 Å². The SMILES string of the molecule is CCOC(=O)C1CCN(C(=O)/C=C/c2cccc([N+](=O)[O-])c2)CC1. The number of carbonyl (C=O) groups excluding carboxylic acids is 2. The molecule has 1 fully saturated rings. The average molecular weight is 332 g/mol. The summed E-state index contributed by atoms with van der Waals surface area (Å²) in [5, 5.41) is 10.7. The number of ether oxygens (including phenoxy) is 1. The van der Waals surface area contributed by atoms with E-state index in [0.717, 1.165) is 0 Å². The quantitative estimate of drug-likeness (QED) is 0.357. The van der Waals surface area contributed by atoms with Gasteiger partial charge in [0.1, 0.15) is 0 Å². The maximum atomic E-state index is 12.2. The van der Waals surface area contributed by atoms with Gasteiger partial charge in [0.25, 0.3) is 5.69 Å². The van der Waals surface area contributed by atoms with Gasteiger partial charge in [-0.25, -0.2) is 0 Å². The number of hydrogen-bond donors (Lipinski definition) is 0. The first-order valence-corrected chi connectivity index (χ1v) is 7.89. The van der Waals surface area contributed by atoms with E-state index >= 15 is 0 Å². The zero-order valence-electron chi connectivity index (χ0n) is 13.5. The minimum atomic E-state index is -0.473. The third-order valence-electron chi connectivity index (χ3n) is 3.93. The van der Waals surface area contributed by atoms with Crippen LogP contribution in [0.25, 0.3) is 6.08 Å². The van der Waals surface area contributed by atoms with E-state index < -0.39 is 4.92 Å². The summed E-state index contributed by atoms with van der Waals surface area (Å²) in [6.45, 7) is 3.14. The first-order chi connectivity index (χ1) is 11.5. The molecule has 0 N–H and O–H groups in total. The predicted molar refractivity (Wildman–Crippen MR) is 88.1 cm³/mol. The van der Waals surface area contributed by atoms with Gasteiger partial charge in [-0.3, -0.25) is 19.7 Å². The van der Waals surface area contributed by atoms with Crippen molar-refractivity contribution in [3.8, 4) is 0 Å². The molecule has 7 heteroatoms. The molecule has 0 unspecified atom stereocenters. The highest BCUT2D eigenvalue weighted by Crippen LogP contribution is 2.19. The molecular weight excluding hydrogens is 312 g/mol. The van der Waals surface area contributed by atoms with Crippen molar-refractivity contribution in [1.82, 2.24) is 4.90 Å². The van der Waals surface area contributed by atoms with E-state index in [-0.39, 0.29) is 23.5 Å². The van der Waals surface area contributed by atoms with Gasteiger partial charge >= 0.3 is 5.97 Å². The lowest BCUT2D eigenvalue weighted by atomic mass is 9.97. The molecule has 0 bridgehead atoms. The number of nitro benzene ring substituents is 1. The van der Waals surface area contributed by atoms with Crippen LogP contribution in [0.15, 0.2) is 30.3 Å². The van der Waals surface area contributed by atoms with E-state index in [1.165, 1.54) is 18.2 Å². The number of benzene rings is 1. The molecule has 1 aromatic carbocycles. The molecule has 0 aliphatic carbocycles. The Morgan fingerprint density at radius 2 is 2.08 bits per heavy atom. The lowest BCUT2D eigenvalue weighted by Gasteiger charge is -2.30. The number of non-ortho nitro benzene ring substituents is 1. The first-order valence-electron chi connectivity index (χ1n) is 7.89. The number of esters is 1. The monoisotopic (exact) mass is 332 g/mol. The molecule has 0 atom stereocenters. The van der Waals surface area contributed by atoms with Crippen LogP contribution in [0.4, 0.5) is 5.69 Å². The smallest absolute Gasteiger partial charge is 0.309 e. The Morgan fingerprint density at radius 3 is 2.71 bits per heavy atom. The van der Waals surface area contributed by atoms with Crippen molar-refractivity contribution in [2.24, 2.45) is 5.92 Å². The van der Waals surface area contributed by atoms with Crippen LogP contribution < -0.4 is 0 Å². The Kier molecular flexibility index (Phi) is 6.06. The molecule has 1 saturated heterocycles. The fourth-order valence-corrected chi connectivity index (χ4v) is 2.61. The highest BCUT2D eigenvalue weighted by molar-refractivity contribution is 5.92. The first kappa shape index (κ1) is 17.7. The molecule has 1 heterocycles. The number of nitrogens with zero attached hydrogens (tertiary/aromatic N) is 2. The van der Waals surface area contributed by atoms with Crippen LogP contribution in [0.5, 0.6) is 0 Å². The van der Waals surface area contributed by atoms with Gasteiger partial charge in [0, 0.05) is 31.3 Å². The summed E-state index contributed by atoms with van der Waals surface area (Å²) in [4.78, 5) is 35.8. The maximum Gasteiger partial charge on any atom is 0.309 e. The van der Waals surface area contributed by atoms with E-state index in [0.29, 0.717) is 38.1 Å². The topological polar surface area (TPSA) is 89.8 Å². The molecular formula is C17H20N2O5. The van der Waals surface area contributed by atoms with Crippen molar-refractivity contribution in [1.29, 1.82) is 0 Å². The minimum Gasteiger partial charge on any atom is -0.466 e. The van der Waals surface area contributed by atoms with Crippen molar-refractivity contribution < 1.29 is 19.2 Å². The van der Waals surface area contributed by atoms with Crippen molar-refractivity contribution in [3.05, 3.63) is 46.0 Å². The molecule has 0 aromatic heterocycles. The van der Waals surface area contributed by atoms with E-state index in [9.17, 15) is 19.7 Å². The van der Waals surface area contributed by atoms with Crippen LogP contribution in [-0.4, -0.2) is 41.4 Å². The van der Waals surface area contributed by atoms with Crippen LogP contribution in [0.2, 0.25) is 0 Å². The number of amides is 1. The maximum absolute atomic E-state index is 12.2. The summed E-state index contributed by atoms with van der Waals surface area (Å²) < 4.78 is 5.00. The van der Waals surface area contributed by atoms with Crippen LogP contribution in [-0.2, 0) is 14.3 Å². The molecule has 0 radical (unpaired) electrons. The fraction of sp³-hybridized carbons (Fsp3) is 0.412. The van der Waals surface area contributed by atoms with E-state index in [1.54, 1.807) is 30.0 Å². The van der Waals surface area contributed by atoms with Gasteiger partial charge in [0.05, 0.1) is 17.4 Å². The van der Waals surface area contributed by atoms with E-state index in [4.69, 9.17) is 4.74 Å². The zero-order valence-corrected chi connectivity index (χ0v) is 13.5. The van der Waals surface area contributed by atoms with Gasteiger partial charge in [-0.1, -0.05) is 12.1 Å². The number of piperidine rings is 1. The molecule has 24 heavy (non-hydrogen) atoms. The molecule has 0 saturated carbocycles. The molecule has 0 spiro atoms. The van der Waals surface area contributed by atoms with Crippen LogP contribution in [0, 0.1) is 16.0 Å². The number of hydrogen-bond acceptors (Lipinski definition) is 5. The Balaban J connectivity index is 1.90. The number of carbonyl (C=O) groups is 2. The molecule has 1 aliphatic rings. The summed E-state index contributed by atoms with van der Waals surface area (Å²) >= 11 is 0. The summed E-state index contributed by atoms with van der Waals surface area (Å²) in [5.74, 6) is -0.504. The Hall–Kier alpha value is -2.70. The second-order valence-electron chi connectivity index (χ2n) is 5.54. The van der Waals surface area contributed by atoms with Crippen molar-refractivity contribution in [2.75, 3.05) is 19.7 Å². The van der Waals surface area contributed by atoms with Gasteiger partial charge in [0.2, 0.25) is 5.91 Å². The van der Waals surface area contributed by atoms with Gasteiger partial charge < -0.3 is 9.64 Å². The lowest BCUT2D eigenvalue weighted by molar-refractivity contribution is -0.384. The molecule has 1 amide bonds. The third kappa shape index (κ3) is 4.65. The number of likely N-dealkylation sites (tertiary alicyclic amines) is 1. The number of rotatable bonds is 5. The standard InChI is InChI=1S/C17H20N2O5/c1-2-24-17(21)14-8-10-18(11-9-14)16(20)7-6-13-4-3-5-15(12-13)19(22)23/h3-7,12,14H,2,8-11H2,1H3/b7-6+. The van der Waals surface area contributed by atoms with Gasteiger partial charge in [0.15, 0.2) is 0 Å². The van der Waals surface area contributed by atoms with Gasteiger partial charge in [-0.05, 0) is 31.4 Å². The van der Waals surface area contributed by atoms with Crippen molar-refractivity contribution in [3.63, 3.8) is 0 Å². The third-order valence-corrected chi connectivity index (χ3v) is 3.93. The number of nitro groups is 1. The molecule has 1 aromatic rings. The summed E-state index contributed by atoms with van der Waals surface area (Å²) in [5.41, 5.74) is 0.582. The molecule has 128 valence electrons. The zero-order chi connectivity index (χ0) is 17.5. The molecule has 2 rings (SSSR count). The summed E-state index contributed by atoms with van der Waals surface area (Å²) in [7, 11) is 0. The fourth-order valence-electron chi connectivity index (χ4n) is 2.61. The Bertz CT molecular complexity index is 648. The molecule has 7 nitrogen and oxygen atoms in total. The normalized spacial score (nSPS) is 15.5. The summed E-state index contributed by atoms with van der Waals surface area (Å²) in [6, 6.07) is 6.09. The van der Waals surface area contributed by atoms with Gasteiger partial charge in [-0.15, -0.1) is 0 Å². The van der Waals surface area contributed by atoms with Crippen LogP contribution in [0.3, 0.4) is 0 Å². The van der Waals surface area contributed by atoms with Crippen molar-refractivity contribution in [2.45, 2.75) is 19.8 Å². The minimum absolute atomic E-state index is 0.0140. The van der Waals surface area contributed by atoms with Gasteiger partial charge in [-0.2, -0.15) is 0 Å².